The molecular weight excluding hydrogens is 844 g/mol. The van der Waals surface area contributed by atoms with Gasteiger partial charge in [-0.3, -0.25) is 14.4 Å². The molecule has 6 aromatic rings. The molecule has 4 aromatic heterocycles. The van der Waals surface area contributed by atoms with Gasteiger partial charge in [-0.25, -0.2) is 4.98 Å². The molecule has 6 heterocycles. The number of carbonyl (C=O) groups excluding carboxylic acids is 1. The van der Waals surface area contributed by atoms with E-state index in [0.717, 1.165) is 90.8 Å². The van der Waals surface area contributed by atoms with E-state index >= 15 is 0 Å². The fourth-order valence-electron chi connectivity index (χ4n) is 11.4. The first kappa shape index (κ1) is 40.8. The van der Waals surface area contributed by atoms with E-state index in [1.54, 1.807) is 42.0 Å². The second kappa shape index (κ2) is 16.3. The number of nitrogens with zero attached hydrogens (tertiary/aromatic N) is 9. The summed E-state index contributed by atoms with van der Waals surface area (Å²) in [4.78, 5) is 26.8. The molecule has 1 saturated heterocycles. The molecule has 3 saturated carbocycles. The number of anilines is 1. The number of oxazole rings is 1. The van der Waals surface area contributed by atoms with E-state index in [1.807, 2.05) is 19.1 Å². The van der Waals surface area contributed by atoms with Gasteiger partial charge in [-0.15, -0.1) is 31.7 Å². The van der Waals surface area contributed by atoms with Crippen LogP contribution in [-0.2, 0) is 12.8 Å². The maximum Gasteiger partial charge on any atom is 0.272 e. The monoisotopic (exact) mass is 892 g/mol. The molecule has 15 heteroatoms. The molecule has 2 aliphatic heterocycles. The minimum absolute atomic E-state index is 0.0342. The number of nitrogens with one attached hydrogen (secondary N) is 1. The fraction of sp³-hybridized carbons (Fsp3) is 0.429. The minimum Gasteiger partial charge on any atom is -0.490 e. The first-order chi connectivity index (χ1) is 31.2. The van der Waals surface area contributed by atoms with E-state index in [2.05, 4.69) is 84.3 Å². The van der Waals surface area contributed by atoms with Crippen LogP contribution in [0.25, 0.3) is 5.00 Å². The first-order valence-electron chi connectivity index (χ1n) is 22.5. The molecule has 5 aliphatic rings. The van der Waals surface area contributed by atoms with Gasteiger partial charge < -0.3 is 19.4 Å². The molecule has 13 nitrogen and oxygen atoms in total. The number of halogens is 1. The van der Waals surface area contributed by atoms with Crippen molar-refractivity contribution in [3.8, 4) is 16.8 Å². The van der Waals surface area contributed by atoms with Crippen molar-refractivity contribution in [3.05, 3.63) is 128 Å². The predicted octanol–water partition coefficient (Wildman–Crippen LogP) is 9.05. The highest BCUT2D eigenvalue weighted by Crippen LogP contribution is 2.76. The summed E-state index contributed by atoms with van der Waals surface area (Å²) in [5.41, 5.74) is 6.97. The summed E-state index contributed by atoms with van der Waals surface area (Å²) in [5, 5.41) is 32.0. The molecule has 64 heavy (non-hydrogen) atoms. The quantitative estimate of drug-likeness (QED) is 0.133. The number of hydrogen-bond donors (Lipinski definition) is 1. The Kier molecular flexibility index (Phi) is 10.4. The van der Waals surface area contributed by atoms with Crippen molar-refractivity contribution in [2.45, 2.75) is 109 Å². The van der Waals surface area contributed by atoms with E-state index in [1.165, 1.54) is 28.8 Å². The molecular formula is C49H49ClN10O3S. The summed E-state index contributed by atoms with van der Waals surface area (Å²) >= 11 is 7.96. The van der Waals surface area contributed by atoms with E-state index < -0.39 is 0 Å². The normalized spacial score (nSPS) is 25.4. The van der Waals surface area contributed by atoms with Crippen molar-refractivity contribution < 1.29 is 13.9 Å². The first-order valence-corrected chi connectivity index (χ1v) is 23.7. The third-order valence-electron chi connectivity index (χ3n) is 14.7. The van der Waals surface area contributed by atoms with Gasteiger partial charge in [-0.1, -0.05) is 35.9 Å². The van der Waals surface area contributed by atoms with Gasteiger partial charge in [0, 0.05) is 40.7 Å². The number of hydrogen-bond acceptors (Lipinski definition) is 12. The van der Waals surface area contributed by atoms with Crippen LogP contribution in [0, 0.1) is 49.4 Å². The summed E-state index contributed by atoms with van der Waals surface area (Å²) in [6, 6.07) is 20.4. The van der Waals surface area contributed by atoms with Crippen LogP contribution in [0.1, 0.15) is 118 Å². The maximum atomic E-state index is 13.3. The molecule has 0 bridgehead atoms. The molecule has 326 valence electrons. The van der Waals surface area contributed by atoms with Crippen molar-refractivity contribution in [2.75, 3.05) is 11.4 Å². The number of aromatic nitrogens is 6. The lowest BCUT2D eigenvalue weighted by Crippen LogP contribution is -2.40. The molecule has 1 amide bonds. The fourth-order valence-corrected chi connectivity index (χ4v) is 12.8. The Labute approximate surface area is 381 Å². The number of benzene rings is 2. The zero-order valence-corrected chi connectivity index (χ0v) is 37.7. The second-order valence-corrected chi connectivity index (χ2v) is 19.9. The average molecular weight is 894 g/mol. The summed E-state index contributed by atoms with van der Waals surface area (Å²) in [6.45, 7) is 7.34. The maximum absolute atomic E-state index is 13.3. The zero-order chi connectivity index (χ0) is 43.7. The van der Waals surface area contributed by atoms with Crippen LogP contribution in [0.4, 0.5) is 5.82 Å². The predicted molar refractivity (Wildman–Crippen MR) is 244 cm³/mol. The highest BCUT2D eigenvalue weighted by atomic mass is 35.5. The van der Waals surface area contributed by atoms with Gasteiger partial charge in [-0.2, -0.15) is 5.26 Å². The Bertz CT molecular complexity index is 2810. The summed E-state index contributed by atoms with van der Waals surface area (Å²) in [6.07, 6.45) is 13.0. The smallest absolute Gasteiger partial charge is 0.272 e. The third-order valence-corrected chi connectivity index (χ3v) is 16.2. The van der Waals surface area contributed by atoms with E-state index in [4.69, 9.17) is 31.0 Å². The Balaban J connectivity index is 0.709. The van der Waals surface area contributed by atoms with E-state index in [-0.39, 0.29) is 24.1 Å². The van der Waals surface area contributed by atoms with Crippen LogP contribution in [0.3, 0.4) is 0 Å². The lowest BCUT2D eigenvalue weighted by molar-refractivity contribution is 0.0888. The zero-order valence-electron chi connectivity index (χ0n) is 36.1. The van der Waals surface area contributed by atoms with Crippen molar-refractivity contribution in [1.29, 1.82) is 5.26 Å². The van der Waals surface area contributed by atoms with E-state index in [9.17, 15) is 4.79 Å². The lowest BCUT2D eigenvalue weighted by Gasteiger charge is -2.37. The van der Waals surface area contributed by atoms with Gasteiger partial charge in [0.1, 0.15) is 34.9 Å². The Morgan fingerprint density at radius 3 is 2.64 bits per heavy atom. The van der Waals surface area contributed by atoms with Gasteiger partial charge in [0.15, 0.2) is 23.2 Å². The van der Waals surface area contributed by atoms with Gasteiger partial charge in [0.05, 0.1) is 35.0 Å². The number of carbonyl (C=O) groups is 1. The largest absolute Gasteiger partial charge is 0.490 e. The number of amides is 1. The summed E-state index contributed by atoms with van der Waals surface area (Å²) < 4.78 is 14.0. The molecule has 0 radical (unpaired) electrons. The SMILES string of the molecule is Cc1sc2c(c1C)C(c1ccc(CC[C@H]3C[C@]45CCCN(c6ccc(C(=O)N[C@H]7CC[C@H](Oc8ccc(C#N)c(Cl)c8)CC7)nn6)C4C35)cc1)=N[C@@H](Cc1ncco1)c1nnc(C)n1-2. The number of ether oxygens (including phenoxy) is 1. The molecule has 11 rings (SSSR count). The van der Waals surface area contributed by atoms with Crippen LogP contribution in [-0.4, -0.2) is 66.3 Å². The molecule has 4 fully saturated rings. The second-order valence-electron chi connectivity index (χ2n) is 18.3. The highest BCUT2D eigenvalue weighted by Gasteiger charge is 2.77. The third kappa shape index (κ3) is 7.17. The van der Waals surface area contributed by atoms with Crippen molar-refractivity contribution >= 4 is 40.4 Å². The van der Waals surface area contributed by atoms with E-state index in [0.29, 0.717) is 57.6 Å². The van der Waals surface area contributed by atoms with Gasteiger partial charge in [-0.05, 0) is 131 Å². The molecule has 2 unspecified atom stereocenters. The molecule has 1 spiro atoms. The Morgan fingerprint density at radius 1 is 1.05 bits per heavy atom. The van der Waals surface area contributed by atoms with Crippen molar-refractivity contribution in [2.24, 2.45) is 22.2 Å². The number of nitriles is 1. The lowest BCUT2D eigenvalue weighted by atomic mass is 9.70. The Morgan fingerprint density at radius 2 is 1.89 bits per heavy atom. The number of thiophene rings is 1. The summed E-state index contributed by atoms with van der Waals surface area (Å²) in [5.74, 6) is 4.99. The van der Waals surface area contributed by atoms with Crippen LogP contribution in [0.15, 0.2) is 76.5 Å². The number of aliphatic imine (C=N–C) groups is 1. The van der Waals surface area contributed by atoms with Crippen molar-refractivity contribution in [3.63, 3.8) is 0 Å². The molecule has 3 aliphatic carbocycles. The number of fused-ring (bicyclic) bond motifs is 4. The molecule has 5 atom stereocenters. The highest BCUT2D eigenvalue weighted by molar-refractivity contribution is 7.15. The van der Waals surface area contributed by atoms with Crippen molar-refractivity contribution in [1.82, 2.24) is 35.3 Å². The van der Waals surface area contributed by atoms with Gasteiger partial charge in [0.2, 0.25) is 0 Å². The van der Waals surface area contributed by atoms with Crippen LogP contribution in [0.5, 0.6) is 5.75 Å². The van der Waals surface area contributed by atoms with Crippen LogP contribution in [0.2, 0.25) is 5.02 Å². The Hall–Kier alpha value is -5.91. The molecule has 1 N–H and O–H groups in total. The standard InChI is InChI=1S/C49H49ClN10O3S/c1-27-28(2)64-48-42(27)44(54-39(24-41-52-20-22-62-41)46-58-55-29(3)60(46)48)31-8-5-30(6-9-31)7-10-32-25-49-19-4-21-59(45(49)43(32)49)40-18-17-38(56-57-40)47(61)53-34-12-15-35(16-13-34)63-36-14-11-33(26-51)37(50)23-36/h5-6,8-9,11,14,17-18,20,22-23,32,34-35,39,43,45H,4,7,10,12-13,15-16,19,21,24-25H2,1-3H3,(H,53,61)/t32-,34-,35-,39-,43?,45?,49-/m0/s1. The number of piperidine rings is 1. The average Bonchev–Trinajstić information content (AvgIpc) is 3.73. The van der Waals surface area contributed by atoms with Gasteiger partial charge in [0.25, 0.3) is 5.91 Å². The number of rotatable bonds is 11. The minimum atomic E-state index is -0.295. The number of aryl methyl sites for hydroxylation is 3. The van der Waals surface area contributed by atoms with Crippen LogP contribution >= 0.6 is 22.9 Å². The van der Waals surface area contributed by atoms with Gasteiger partial charge >= 0.3 is 0 Å². The summed E-state index contributed by atoms with van der Waals surface area (Å²) in [7, 11) is 0. The molecule has 2 aromatic carbocycles. The topological polar surface area (TPSA) is 160 Å². The van der Waals surface area contributed by atoms with Crippen LogP contribution < -0.4 is 15.0 Å².